The van der Waals surface area contributed by atoms with E-state index < -0.39 is 5.97 Å². The number of hydrogen-bond acceptors (Lipinski definition) is 5. The first kappa shape index (κ1) is 21.6. The lowest BCUT2D eigenvalue weighted by molar-refractivity contribution is 0.0469. The van der Waals surface area contributed by atoms with Gasteiger partial charge in [-0.05, 0) is 50.6 Å². The summed E-state index contributed by atoms with van der Waals surface area (Å²) in [5.41, 5.74) is 3.39. The number of Topliss-reactive ketones (excluding diaryl/α,β-unsaturated/α-hetero) is 1. The Morgan fingerprint density at radius 2 is 1.87 bits per heavy atom. The quantitative estimate of drug-likeness (QED) is 0.387. The third-order valence-electron chi connectivity index (χ3n) is 4.77. The van der Waals surface area contributed by atoms with E-state index in [1.54, 1.807) is 25.1 Å². The molecule has 0 bridgehead atoms. The van der Waals surface area contributed by atoms with Gasteiger partial charge in [0, 0.05) is 34.7 Å². The van der Waals surface area contributed by atoms with Crippen molar-refractivity contribution in [3.8, 4) is 5.88 Å². The van der Waals surface area contributed by atoms with Gasteiger partial charge in [0.05, 0.1) is 6.61 Å². The number of ketones is 1. The number of carbonyl (C=O) groups excluding carboxylic acids is 2. The summed E-state index contributed by atoms with van der Waals surface area (Å²) in [5.74, 6) is -0.733. The minimum Gasteiger partial charge on any atom is -0.477 e. The number of esters is 1. The normalized spacial score (nSPS) is 10.7. The maximum absolute atomic E-state index is 12.7. The summed E-state index contributed by atoms with van der Waals surface area (Å²) >= 11 is 6.27. The average molecular weight is 427 g/mol. The number of carbonyl (C=O) groups is 2. The highest BCUT2D eigenvalue weighted by Gasteiger charge is 2.20. The standard InChI is InChI=1S/C23H23ClN2O4/c1-4-29-22-18(9-7-11-25-22)23(28)30-14-21(27)19-12-15(2)26(16(19)3)13-17-8-5-6-10-20(17)24/h5-12H,4,13-14H2,1-3H3. The summed E-state index contributed by atoms with van der Waals surface area (Å²) in [4.78, 5) is 29.2. The zero-order chi connectivity index (χ0) is 21.7. The molecule has 0 radical (unpaired) electrons. The van der Waals surface area contributed by atoms with Crippen LogP contribution in [-0.2, 0) is 11.3 Å². The van der Waals surface area contributed by atoms with Crippen LogP contribution in [0.5, 0.6) is 5.88 Å². The van der Waals surface area contributed by atoms with Gasteiger partial charge >= 0.3 is 5.97 Å². The van der Waals surface area contributed by atoms with Gasteiger partial charge < -0.3 is 14.0 Å². The van der Waals surface area contributed by atoms with Crippen LogP contribution in [0.4, 0.5) is 0 Å². The molecule has 0 saturated carbocycles. The first-order valence-electron chi connectivity index (χ1n) is 9.60. The molecule has 2 aromatic heterocycles. The second-order valence-electron chi connectivity index (χ2n) is 6.75. The Morgan fingerprint density at radius 1 is 1.10 bits per heavy atom. The summed E-state index contributed by atoms with van der Waals surface area (Å²) in [6.45, 7) is 6.15. The SMILES string of the molecule is CCOc1ncccc1C(=O)OCC(=O)c1cc(C)n(Cc2ccccc2Cl)c1C. The maximum atomic E-state index is 12.7. The van der Waals surface area contributed by atoms with Gasteiger partial charge in [-0.15, -0.1) is 0 Å². The molecule has 0 amide bonds. The molecule has 2 heterocycles. The van der Waals surface area contributed by atoms with Crippen molar-refractivity contribution in [2.45, 2.75) is 27.3 Å². The highest BCUT2D eigenvalue weighted by atomic mass is 35.5. The van der Waals surface area contributed by atoms with Crippen molar-refractivity contribution < 1.29 is 19.1 Å². The summed E-state index contributed by atoms with van der Waals surface area (Å²) in [6.07, 6.45) is 1.53. The van der Waals surface area contributed by atoms with E-state index in [0.717, 1.165) is 17.0 Å². The molecule has 0 N–H and O–H groups in total. The smallest absolute Gasteiger partial charge is 0.344 e. The first-order chi connectivity index (χ1) is 14.4. The molecule has 0 unspecified atom stereocenters. The average Bonchev–Trinajstić information content (AvgIpc) is 3.02. The zero-order valence-corrected chi connectivity index (χ0v) is 17.9. The number of nitrogens with zero attached hydrogens (tertiary/aromatic N) is 2. The Balaban J connectivity index is 1.72. The molecule has 30 heavy (non-hydrogen) atoms. The van der Waals surface area contributed by atoms with Crippen molar-refractivity contribution in [2.75, 3.05) is 13.2 Å². The molecule has 0 saturated heterocycles. The lowest BCUT2D eigenvalue weighted by Crippen LogP contribution is -2.16. The van der Waals surface area contributed by atoms with Crippen LogP contribution in [0.3, 0.4) is 0 Å². The van der Waals surface area contributed by atoms with Crippen LogP contribution in [0.15, 0.2) is 48.7 Å². The second kappa shape index (κ2) is 9.59. The summed E-state index contributed by atoms with van der Waals surface area (Å²) in [7, 11) is 0. The minimum absolute atomic E-state index is 0.190. The van der Waals surface area contributed by atoms with Gasteiger partial charge in [0.2, 0.25) is 11.7 Å². The number of halogens is 1. The molecule has 0 aliphatic rings. The number of ether oxygens (including phenoxy) is 2. The lowest BCUT2D eigenvalue weighted by atomic mass is 10.1. The van der Waals surface area contributed by atoms with E-state index in [9.17, 15) is 9.59 Å². The third-order valence-corrected chi connectivity index (χ3v) is 5.14. The molecule has 3 rings (SSSR count). The van der Waals surface area contributed by atoms with Gasteiger partial charge in [0.25, 0.3) is 0 Å². The van der Waals surface area contributed by atoms with Crippen molar-refractivity contribution in [1.82, 2.24) is 9.55 Å². The van der Waals surface area contributed by atoms with Crippen molar-refractivity contribution in [2.24, 2.45) is 0 Å². The van der Waals surface area contributed by atoms with Crippen LogP contribution in [0, 0.1) is 13.8 Å². The molecule has 156 valence electrons. The van der Waals surface area contributed by atoms with Crippen LogP contribution < -0.4 is 4.74 Å². The molecule has 3 aromatic rings. The van der Waals surface area contributed by atoms with Gasteiger partial charge in [0.15, 0.2) is 6.61 Å². The number of rotatable bonds is 8. The Hall–Kier alpha value is -3.12. The topological polar surface area (TPSA) is 70.4 Å². The molecule has 0 aliphatic carbocycles. The predicted octanol–water partition coefficient (Wildman–Crippen LogP) is 4.64. The van der Waals surface area contributed by atoms with E-state index in [0.29, 0.717) is 23.7 Å². The van der Waals surface area contributed by atoms with E-state index in [4.69, 9.17) is 21.1 Å². The van der Waals surface area contributed by atoms with E-state index in [2.05, 4.69) is 4.98 Å². The Kier molecular flexibility index (Phi) is 6.90. The van der Waals surface area contributed by atoms with Crippen molar-refractivity contribution in [1.29, 1.82) is 0 Å². The van der Waals surface area contributed by atoms with E-state index in [-0.39, 0.29) is 23.8 Å². The fourth-order valence-corrected chi connectivity index (χ4v) is 3.40. The van der Waals surface area contributed by atoms with E-state index in [1.165, 1.54) is 6.20 Å². The molecular weight excluding hydrogens is 404 g/mol. The molecular formula is C23H23ClN2O4. The number of aryl methyl sites for hydroxylation is 1. The Bertz CT molecular complexity index is 1070. The van der Waals surface area contributed by atoms with Crippen LogP contribution in [0.2, 0.25) is 5.02 Å². The van der Waals surface area contributed by atoms with Gasteiger partial charge in [0.1, 0.15) is 5.56 Å². The fourth-order valence-electron chi connectivity index (χ4n) is 3.21. The Morgan fingerprint density at radius 3 is 2.60 bits per heavy atom. The fraction of sp³-hybridized carbons (Fsp3) is 0.261. The van der Waals surface area contributed by atoms with Gasteiger partial charge in [-0.3, -0.25) is 4.79 Å². The Labute approximate surface area is 180 Å². The molecule has 0 fully saturated rings. The van der Waals surface area contributed by atoms with Gasteiger partial charge in [-0.2, -0.15) is 0 Å². The van der Waals surface area contributed by atoms with Crippen LogP contribution in [0.25, 0.3) is 0 Å². The molecule has 0 aliphatic heterocycles. The monoisotopic (exact) mass is 426 g/mol. The lowest BCUT2D eigenvalue weighted by Gasteiger charge is -2.11. The van der Waals surface area contributed by atoms with Crippen LogP contribution in [0.1, 0.15) is 44.6 Å². The first-order valence-corrected chi connectivity index (χ1v) is 9.98. The van der Waals surface area contributed by atoms with E-state index in [1.807, 2.05) is 42.7 Å². The van der Waals surface area contributed by atoms with Crippen LogP contribution >= 0.6 is 11.6 Å². The molecule has 1 aromatic carbocycles. The largest absolute Gasteiger partial charge is 0.477 e. The summed E-state index contributed by atoms with van der Waals surface area (Å²) in [6, 6.07) is 12.6. The second-order valence-corrected chi connectivity index (χ2v) is 7.16. The predicted molar refractivity (Wildman–Crippen MR) is 114 cm³/mol. The number of hydrogen-bond donors (Lipinski definition) is 0. The zero-order valence-electron chi connectivity index (χ0n) is 17.1. The third kappa shape index (κ3) is 4.71. The summed E-state index contributed by atoms with van der Waals surface area (Å²) in [5, 5.41) is 0.674. The van der Waals surface area contributed by atoms with Crippen LogP contribution in [-0.4, -0.2) is 34.5 Å². The summed E-state index contributed by atoms with van der Waals surface area (Å²) < 4.78 is 12.6. The molecule has 0 spiro atoms. The van der Waals surface area contributed by atoms with Gasteiger partial charge in [-0.1, -0.05) is 29.8 Å². The van der Waals surface area contributed by atoms with Gasteiger partial charge in [-0.25, -0.2) is 9.78 Å². The minimum atomic E-state index is -0.648. The van der Waals surface area contributed by atoms with E-state index >= 15 is 0 Å². The number of pyridine rings is 1. The van der Waals surface area contributed by atoms with Crippen molar-refractivity contribution >= 4 is 23.4 Å². The van der Waals surface area contributed by atoms with Crippen molar-refractivity contribution in [3.63, 3.8) is 0 Å². The molecule has 6 nitrogen and oxygen atoms in total. The highest BCUT2D eigenvalue weighted by Crippen LogP contribution is 2.22. The highest BCUT2D eigenvalue weighted by molar-refractivity contribution is 6.31. The maximum Gasteiger partial charge on any atom is 0.344 e. The molecule has 7 heteroatoms. The molecule has 0 atom stereocenters. The van der Waals surface area contributed by atoms with Crippen molar-refractivity contribution in [3.05, 3.63) is 81.8 Å². The number of aromatic nitrogens is 2. The number of benzene rings is 1.